The van der Waals surface area contributed by atoms with E-state index in [1.165, 1.54) is 11.4 Å². The van der Waals surface area contributed by atoms with E-state index in [1.807, 2.05) is 38.1 Å². The van der Waals surface area contributed by atoms with Gasteiger partial charge >= 0.3 is 0 Å². The van der Waals surface area contributed by atoms with E-state index in [9.17, 15) is 13.2 Å². The van der Waals surface area contributed by atoms with Gasteiger partial charge < -0.3 is 10.1 Å². The summed E-state index contributed by atoms with van der Waals surface area (Å²) < 4.78 is 32.5. The molecule has 0 saturated carbocycles. The van der Waals surface area contributed by atoms with Crippen LogP contribution in [0.5, 0.6) is 5.75 Å². The molecule has 3 rings (SSSR count). The number of nitrogens with one attached hydrogen (secondary N) is 1. The first kappa shape index (κ1) is 22.4. The molecule has 0 unspecified atom stereocenters. The second kappa shape index (κ2) is 9.66. The molecule has 0 aliphatic heterocycles. The molecule has 0 bridgehead atoms. The van der Waals surface area contributed by atoms with Crippen LogP contribution in [0.3, 0.4) is 0 Å². The lowest BCUT2D eigenvalue weighted by atomic mass is 10.1. The van der Waals surface area contributed by atoms with Crippen LogP contribution in [0.15, 0.2) is 83.8 Å². The average Bonchev–Trinajstić information content (AvgIpc) is 2.78. The molecule has 0 heterocycles. The van der Waals surface area contributed by atoms with E-state index in [2.05, 4.69) is 5.32 Å². The molecule has 0 saturated heterocycles. The molecule has 162 valence electrons. The number of ether oxygens (including phenoxy) is 1. The fourth-order valence-corrected chi connectivity index (χ4v) is 4.18. The third kappa shape index (κ3) is 5.64. The summed E-state index contributed by atoms with van der Waals surface area (Å²) in [7, 11) is -2.24. The van der Waals surface area contributed by atoms with Crippen LogP contribution in [0.25, 0.3) is 0 Å². The summed E-state index contributed by atoms with van der Waals surface area (Å²) in [5.74, 6) is 0.496. The maximum absolute atomic E-state index is 12.8. The van der Waals surface area contributed by atoms with E-state index < -0.39 is 10.0 Å². The van der Waals surface area contributed by atoms with Crippen molar-refractivity contribution in [3.63, 3.8) is 0 Å². The van der Waals surface area contributed by atoms with Gasteiger partial charge in [0.25, 0.3) is 15.9 Å². The van der Waals surface area contributed by atoms with E-state index in [0.717, 1.165) is 11.3 Å². The van der Waals surface area contributed by atoms with Crippen molar-refractivity contribution in [3.05, 3.63) is 90.0 Å². The zero-order valence-corrected chi connectivity index (χ0v) is 18.6. The molecule has 0 radical (unpaired) electrons. The summed E-state index contributed by atoms with van der Waals surface area (Å²) in [5, 5.41) is 2.86. The SMILES string of the molecule is CC(C)Oc1ccc(CNC(=O)c2cccc(N(C)S(=O)(=O)c3ccccc3)c2)cc1. The van der Waals surface area contributed by atoms with Crippen LogP contribution in [-0.2, 0) is 16.6 Å². The highest BCUT2D eigenvalue weighted by Gasteiger charge is 2.21. The molecule has 0 aromatic heterocycles. The molecule has 1 N–H and O–H groups in total. The van der Waals surface area contributed by atoms with E-state index in [1.54, 1.807) is 54.6 Å². The van der Waals surface area contributed by atoms with Gasteiger partial charge in [-0.3, -0.25) is 9.10 Å². The lowest BCUT2D eigenvalue weighted by Crippen LogP contribution is -2.27. The van der Waals surface area contributed by atoms with Crippen molar-refractivity contribution in [2.45, 2.75) is 31.4 Å². The lowest BCUT2D eigenvalue weighted by Gasteiger charge is -2.20. The maximum atomic E-state index is 12.8. The molecule has 1 amide bonds. The normalized spacial score (nSPS) is 11.2. The minimum absolute atomic E-state index is 0.0988. The van der Waals surface area contributed by atoms with Crippen molar-refractivity contribution >= 4 is 21.6 Å². The number of benzene rings is 3. The number of carbonyl (C=O) groups is 1. The van der Waals surface area contributed by atoms with E-state index in [0.29, 0.717) is 17.8 Å². The number of nitrogens with zero attached hydrogens (tertiary/aromatic N) is 1. The molecule has 0 spiro atoms. The second-order valence-electron chi connectivity index (χ2n) is 7.33. The topological polar surface area (TPSA) is 75.7 Å². The molecular formula is C24H26N2O4S. The third-order valence-corrected chi connectivity index (χ3v) is 6.42. The minimum atomic E-state index is -3.71. The maximum Gasteiger partial charge on any atom is 0.264 e. The van der Waals surface area contributed by atoms with Crippen LogP contribution in [0.4, 0.5) is 5.69 Å². The van der Waals surface area contributed by atoms with Crippen LogP contribution in [0.1, 0.15) is 29.8 Å². The van der Waals surface area contributed by atoms with Gasteiger partial charge in [-0.2, -0.15) is 0 Å². The number of anilines is 1. The van der Waals surface area contributed by atoms with E-state index >= 15 is 0 Å². The Morgan fingerprint density at radius 3 is 2.29 bits per heavy atom. The molecule has 6 nitrogen and oxygen atoms in total. The van der Waals surface area contributed by atoms with Gasteiger partial charge in [-0.25, -0.2) is 8.42 Å². The number of amides is 1. The highest BCUT2D eigenvalue weighted by Crippen LogP contribution is 2.23. The van der Waals surface area contributed by atoms with Gasteiger partial charge in [0, 0.05) is 19.2 Å². The number of hydrogen-bond donors (Lipinski definition) is 1. The number of sulfonamides is 1. The highest BCUT2D eigenvalue weighted by atomic mass is 32.2. The molecule has 0 aliphatic carbocycles. The predicted molar refractivity (Wildman–Crippen MR) is 122 cm³/mol. The van der Waals surface area contributed by atoms with Crippen molar-refractivity contribution in [3.8, 4) is 5.75 Å². The van der Waals surface area contributed by atoms with Crippen molar-refractivity contribution in [2.75, 3.05) is 11.4 Å². The second-order valence-corrected chi connectivity index (χ2v) is 9.30. The highest BCUT2D eigenvalue weighted by molar-refractivity contribution is 7.92. The van der Waals surface area contributed by atoms with Gasteiger partial charge in [-0.1, -0.05) is 36.4 Å². The molecule has 3 aromatic carbocycles. The van der Waals surface area contributed by atoms with Gasteiger partial charge in [0.1, 0.15) is 5.75 Å². The average molecular weight is 439 g/mol. The van der Waals surface area contributed by atoms with Crippen molar-refractivity contribution in [2.24, 2.45) is 0 Å². The molecule has 3 aromatic rings. The van der Waals surface area contributed by atoms with Crippen molar-refractivity contribution < 1.29 is 17.9 Å². The summed E-state index contributed by atoms with van der Waals surface area (Å²) in [6.45, 7) is 4.28. The molecule has 7 heteroatoms. The van der Waals surface area contributed by atoms with Crippen LogP contribution in [-0.4, -0.2) is 27.5 Å². The predicted octanol–water partition coefficient (Wildman–Crippen LogP) is 4.23. The summed E-state index contributed by atoms with van der Waals surface area (Å²) in [6, 6.07) is 22.3. The summed E-state index contributed by atoms with van der Waals surface area (Å²) in [5.41, 5.74) is 1.73. The smallest absolute Gasteiger partial charge is 0.264 e. The largest absolute Gasteiger partial charge is 0.491 e. The first-order valence-electron chi connectivity index (χ1n) is 9.95. The van der Waals surface area contributed by atoms with Gasteiger partial charge in [-0.15, -0.1) is 0 Å². The Morgan fingerprint density at radius 2 is 1.65 bits per heavy atom. The van der Waals surface area contributed by atoms with E-state index in [4.69, 9.17) is 4.74 Å². The van der Waals surface area contributed by atoms with Crippen molar-refractivity contribution in [1.82, 2.24) is 5.32 Å². The molecule has 0 atom stereocenters. The Bertz CT molecular complexity index is 1130. The molecule has 0 aliphatic rings. The Morgan fingerprint density at radius 1 is 0.968 bits per heavy atom. The Labute approximate surface area is 183 Å². The Balaban J connectivity index is 1.69. The van der Waals surface area contributed by atoms with Crippen LogP contribution >= 0.6 is 0 Å². The first-order chi connectivity index (χ1) is 14.8. The van der Waals surface area contributed by atoms with Gasteiger partial charge in [0.15, 0.2) is 0 Å². The summed E-state index contributed by atoms with van der Waals surface area (Å²) in [4.78, 5) is 12.8. The number of carbonyl (C=O) groups excluding carboxylic acids is 1. The first-order valence-corrected chi connectivity index (χ1v) is 11.4. The zero-order chi connectivity index (χ0) is 22.4. The summed E-state index contributed by atoms with van der Waals surface area (Å²) in [6.07, 6.45) is 0.0988. The third-order valence-electron chi connectivity index (χ3n) is 4.62. The van der Waals surface area contributed by atoms with Crippen LogP contribution in [0, 0.1) is 0 Å². The summed E-state index contributed by atoms with van der Waals surface area (Å²) >= 11 is 0. The van der Waals surface area contributed by atoms with Crippen molar-refractivity contribution in [1.29, 1.82) is 0 Å². The van der Waals surface area contributed by atoms with Crippen LogP contribution < -0.4 is 14.4 Å². The zero-order valence-electron chi connectivity index (χ0n) is 17.8. The van der Waals surface area contributed by atoms with Gasteiger partial charge in [0.2, 0.25) is 0 Å². The lowest BCUT2D eigenvalue weighted by molar-refractivity contribution is 0.0951. The van der Waals surface area contributed by atoms with Gasteiger partial charge in [0.05, 0.1) is 16.7 Å². The fourth-order valence-electron chi connectivity index (χ4n) is 2.97. The molecule has 31 heavy (non-hydrogen) atoms. The molecule has 0 fully saturated rings. The quantitative estimate of drug-likeness (QED) is 0.571. The minimum Gasteiger partial charge on any atom is -0.491 e. The standard InChI is InChI=1S/C24H26N2O4S/c1-18(2)30-22-14-12-19(13-15-22)17-25-24(27)20-8-7-9-21(16-20)26(3)31(28,29)23-10-5-4-6-11-23/h4-16,18H,17H2,1-3H3,(H,25,27). The number of rotatable bonds is 8. The monoisotopic (exact) mass is 438 g/mol. The van der Waals surface area contributed by atoms with Gasteiger partial charge in [-0.05, 0) is 61.9 Å². The van der Waals surface area contributed by atoms with Crippen LogP contribution in [0.2, 0.25) is 0 Å². The van der Waals surface area contributed by atoms with E-state index in [-0.39, 0.29) is 16.9 Å². The molecular weight excluding hydrogens is 412 g/mol. The Kier molecular flexibility index (Phi) is 6.97. The fraction of sp³-hybridized carbons (Fsp3) is 0.208. The Hall–Kier alpha value is -3.32. The number of hydrogen-bond acceptors (Lipinski definition) is 4.